The number of carboxylic acids is 2. The third kappa shape index (κ3) is 32.0. The normalized spacial score (nSPS) is 16.1. The van der Waals surface area contributed by atoms with Gasteiger partial charge >= 0.3 is 18.0 Å². The predicted molar refractivity (Wildman–Crippen MR) is 475 cm³/mol. The number of urea groups is 1. The second-order valence-corrected chi connectivity index (χ2v) is 31.8. The van der Waals surface area contributed by atoms with Crippen molar-refractivity contribution in [3.63, 3.8) is 0 Å². The second-order valence-electron chi connectivity index (χ2n) is 31.8. The molecular weight excluding hydrogens is 1690 g/mol. The first kappa shape index (κ1) is 102. The van der Waals surface area contributed by atoms with Gasteiger partial charge in [-0.3, -0.25) is 43.3 Å². The predicted octanol–water partition coefficient (Wildman–Crippen LogP) is 2.57. The van der Waals surface area contributed by atoms with E-state index in [-0.39, 0.29) is 75.7 Å². The summed E-state index contributed by atoms with van der Waals surface area (Å²) in [4.78, 5) is 137. The zero-order valence-electron chi connectivity index (χ0n) is 74.6. The van der Waals surface area contributed by atoms with Crippen LogP contribution in [-0.2, 0) is 113 Å². The fraction of sp³-hybridized carbons (Fsp3) is 0.589. The molecule has 1 saturated carbocycles. The lowest BCUT2D eigenvalue weighted by Gasteiger charge is -2.45. The van der Waals surface area contributed by atoms with Gasteiger partial charge < -0.3 is 133 Å². The summed E-state index contributed by atoms with van der Waals surface area (Å²) in [5, 5.41) is 31.4. The number of imide groups is 1. The van der Waals surface area contributed by atoms with Crippen molar-refractivity contribution in [1.82, 2.24) is 50.6 Å². The number of hydrogen-bond acceptors (Lipinski definition) is 30. The van der Waals surface area contributed by atoms with Gasteiger partial charge in [0.05, 0.1) is 221 Å². The highest BCUT2D eigenvalue weighted by atomic mass is 16.6. The van der Waals surface area contributed by atoms with Crippen LogP contribution in [0.3, 0.4) is 0 Å². The van der Waals surface area contributed by atoms with Crippen LogP contribution in [0.5, 0.6) is 5.75 Å². The molecule has 712 valence electrons. The number of piperidine rings is 2. The van der Waals surface area contributed by atoms with Crippen LogP contribution in [0.15, 0.2) is 90.0 Å². The Morgan fingerprint density at radius 2 is 1.22 bits per heavy atom. The zero-order chi connectivity index (χ0) is 92.5. The number of aliphatic carboxylic acids is 2. The largest absolute Gasteiger partial charge is 0.495 e. The smallest absolute Gasteiger partial charge is 0.332 e. The Labute approximate surface area is 755 Å². The Morgan fingerprint density at radius 1 is 0.638 bits per heavy atom. The summed E-state index contributed by atoms with van der Waals surface area (Å²) < 4.78 is 86.3. The molecule has 6 heterocycles. The highest BCUT2D eigenvalue weighted by molar-refractivity contribution is 6.07. The molecule has 4 atom stereocenters. The number of methoxy groups -OCH3 is 2. The first-order valence-electron chi connectivity index (χ1n) is 44.1. The Kier molecular flexibility index (Phi) is 42.2. The Balaban J connectivity index is 0.628. The van der Waals surface area contributed by atoms with E-state index in [1.807, 2.05) is 54.6 Å². The van der Waals surface area contributed by atoms with E-state index >= 15 is 0 Å². The molecule has 6 aromatic rings. The number of aromatic nitrogens is 4. The number of likely N-dealkylation sites (tertiary alicyclic amines) is 1. The molecule has 0 bridgehead atoms. The number of carbonyl (C=O) groups excluding carboxylic acids is 6. The average molecular weight is 1820 g/mol. The van der Waals surface area contributed by atoms with Crippen LogP contribution in [0.1, 0.15) is 88.0 Å². The number of nitrogens with two attached hydrogens (primary N) is 2. The number of fused-ring (bicyclic) bond motifs is 2. The standard InChI is InChI=1S/C90H126N14O26/c1-89(23-30-101(31-24-89)66-19-27-102(28-20-66)87-98-72-16-13-64(70-59-100(2)86(114)81-68(70)18-26-93-81)56-69(72)82(99-87)90(130-67-14-15-67,65-10-6-5-7-11-65)61-129-60-74(83(92)111)97-84(112)71(91)57-79(107)108)95-25-8-9-63-12-17-76(117-4)75(55-63)103-29-21-78(106)104(88(103)115)62-94-85(113)73(58-80(109)110)96-77(105)22-32-118-35-36-120-39-40-122-43-44-124-47-48-126-51-52-128-54-53-127-50-49-125-46-45-123-42-41-121-38-37-119-34-33-116-3/h5-7,10-13,16-18,26,55-56,59,66-67,71,73-74,93,95H,14-15,19-25,27-54,57-58,60-62,91H2,1-4H3,(H2,92,111)(H,94,113)(H,96,105)(H,97,112)(H,107,108)(H,109,110)/t71-,73-,74?,90-/m0/s1. The average Bonchev–Trinajstić information content (AvgIpc) is 1.25. The lowest BCUT2D eigenvalue weighted by molar-refractivity contribution is -0.141. The monoisotopic (exact) mass is 1820 g/mol. The van der Waals surface area contributed by atoms with Crippen molar-refractivity contribution in [3.05, 3.63) is 112 Å². The minimum atomic E-state index is -1.55. The molecule has 130 heavy (non-hydrogen) atoms. The number of H-pyrrole nitrogens is 1. The van der Waals surface area contributed by atoms with Crippen LogP contribution >= 0.6 is 0 Å². The van der Waals surface area contributed by atoms with Gasteiger partial charge in [0, 0.05) is 106 Å². The van der Waals surface area contributed by atoms with Crippen molar-refractivity contribution >= 4 is 80.9 Å². The van der Waals surface area contributed by atoms with Crippen molar-refractivity contribution in [2.45, 2.75) is 113 Å². The second kappa shape index (κ2) is 53.9. The van der Waals surface area contributed by atoms with E-state index in [0.717, 1.165) is 73.0 Å². The number of amides is 7. The van der Waals surface area contributed by atoms with Crippen molar-refractivity contribution in [1.29, 1.82) is 0 Å². The SMILES string of the molecule is COCCOCCOCCOCCOCCOCCOCCOCCOCCOCCOCCOCCC(=O)N[C@@H](CC(=O)O)C(=O)NCN1C(=O)CCN(c2cc(C#CCNC3(C)CCN(C4CCN(c5nc([C@@](COCC(NC(=O)[C@@H](N)CC(=O)O)C(N)=O)(OC6CC6)c6ccccc6)c6cc(-c7cn(C)c(=O)c8[nH]ccc78)ccc6n5)CC4)CC3)ccc2OC)C1=O. The Bertz CT molecular complexity index is 4730. The molecule has 10 rings (SSSR count). The van der Waals surface area contributed by atoms with Crippen LogP contribution in [0.2, 0.25) is 0 Å². The number of carboxylic acid groups (broad SMARTS) is 2. The van der Waals surface area contributed by atoms with Gasteiger partial charge in [0.15, 0.2) is 5.60 Å². The number of primary amides is 1. The molecule has 40 heteroatoms. The first-order chi connectivity index (χ1) is 63.1. The van der Waals surface area contributed by atoms with Gasteiger partial charge in [-0.25, -0.2) is 19.7 Å². The van der Waals surface area contributed by atoms with Gasteiger partial charge in [-0.1, -0.05) is 48.2 Å². The number of rotatable bonds is 62. The zero-order valence-corrected chi connectivity index (χ0v) is 74.6. The number of nitrogens with one attached hydrogen (secondary N) is 5. The van der Waals surface area contributed by atoms with E-state index in [9.17, 15) is 53.4 Å². The number of nitrogens with zero attached hydrogens (tertiary/aromatic N) is 7. The number of anilines is 2. The van der Waals surface area contributed by atoms with E-state index in [1.54, 1.807) is 44.8 Å². The molecule has 11 N–H and O–H groups in total. The Hall–Kier alpha value is -10.3. The summed E-state index contributed by atoms with van der Waals surface area (Å²) in [5.74, 6) is 0.585. The maximum atomic E-state index is 14.2. The Morgan fingerprint density at radius 3 is 1.77 bits per heavy atom. The van der Waals surface area contributed by atoms with Crippen molar-refractivity contribution in [3.8, 4) is 28.7 Å². The fourth-order valence-corrected chi connectivity index (χ4v) is 14.9. The number of benzene rings is 3. The van der Waals surface area contributed by atoms with E-state index in [0.29, 0.717) is 196 Å². The molecule has 0 spiro atoms. The van der Waals surface area contributed by atoms with Crippen LogP contribution in [0.4, 0.5) is 16.4 Å². The lowest BCUT2D eigenvalue weighted by atomic mass is 9.87. The summed E-state index contributed by atoms with van der Waals surface area (Å²) in [7, 11) is 4.78. The first-order valence-corrected chi connectivity index (χ1v) is 44.1. The molecule has 3 aromatic carbocycles. The number of carbonyl (C=O) groups is 8. The maximum absolute atomic E-state index is 14.2. The maximum Gasteiger partial charge on any atom is 0.332 e. The van der Waals surface area contributed by atoms with E-state index < -0.39 is 97.3 Å². The van der Waals surface area contributed by atoms with E-state index in [1.165, 1.54) is 16.6 Å². The molecule has 3 aromatic heterocycles. The van der Waals surface area contributed by atoms with Gasteiger partial charge in [-0.05, 0) is 93.0 Å². The van der Waals surface area contributed by atoms with Crippen LogP contribution in [0.25, 0.3) is 32.9 Å². The van der Waals surface area contributed by atoms with E-state index in [2.05, 4.69) is 54.8 Å². The van der Waals surface area contributed by atoms with Crippen molar-refractivity contribution in [2.24, 2.45) is 18.5 Å². The van der Waals surface area contributed by atoms with E-state index in [4.69, 9.17) is 92.5 Å². The number of pyridine rings is 1. The molecule has 7 amide bonds. The quantitative estimate of drug-likeness (QED) is 0.0196. The molecular formula is C90H126N14O26. The minimum Gasteiger partial charge on any atom is -0.495 e. The van der Waals surface area contributed by atoms with Crippen molar-refractivity contribution < 1.29 is 120 Å². The van der Waals surface area contributed by atoms with Gasteiger partial charge in [0.2, 0.25) is 35.5 Å². The van der Waals surface area contributed by atoms with Gasteiger partial charge in [0.25, 0.3) is 5.56 Å². The topological polar surface area (TPSA) is 492 Å². The summed E-state index contributed by atoms with van der Waals surface area (Å²) >= 11 is 0. The molecule has 3 saturated heterocycles. The molecule has 4 aliphatic rings. The molecule has 1 aliphatic carbocycles. The van der Waals surface area contributed by atoms with Crippen LogP contribution in [0, 0.1) is 11.8 Å². The molecule has 1 unspecified atom stereocenters. The van der Waals surface area contributed by atoms with Gasteiger partial charge in [-0.15, -0.1) is 0 Å². The third-order valence-corrected chi connectivity index (χ3v) is 22.2. The summed E-state index contributed by atoms with van der Waals surface area (Å²) in [5.41, 5.74) is 14.5. The number of ether oxygens (including phenoxy) is 15. The summed E-state index contributed by atoms with van der Waals surface area (Å²) in [6.07, 6.45) is 6.35. The van der Waals surface area contributed by atoms with Gasteiger partial charge in [0.1, 0.15) is 30.0 Å². The minimum absolute atomic E-state index is 0.0150. The molecule has 40 nitrogen and oxygen atoms in total. The van der Waals surface area contributed by atoms with Crippen LogP contribution < -0.4 is 52.8 Å². The van der Waals surface area contributed by atoms with Crippen molar-refractivity contribution in [2.75, 3.05) is 235 Å². The summed E-state index contributed by atoms with van der Waals surface area (Å²) in [6.45, 7) is 13.3. The molecule has 0 radical (unpaired) electrons. The number of aryl methyl sites for hydroxylation is 1. The third-order valence-electron chi connectivity index (χ3n) is 22.2. The number of hydrogen-bond donors (Lipinski definition) is 9. The molecule has 4 fully saturated rings. The van der Waals surface area contributed by atoms with Gasteiger partial charge in [-0.2, -0.15) is 0 Å². The highest BCUT2D eigenvalue weighted by Gasteiger charge is 2.46. The summed E-state index contributed by atoms with van der Waals surface area (Å²) in [6, 6.07) is 17.5. The highest BCUT2D eigenvalue weighted by Crippen LogP contribution is 2.45. The molecule has 3 aliphatic heterocycles. The fourth-order valence-electron chi connectivity index (χ4n) is 14.9. The van der Waals surface area contributed by atoms with Crippen LogP contribution in [-0.4, -0.2) is 348 Å². The lowest BCUT2D eigenvalue weighted by Crippen LogP contribution is -2.57. The number of aromatic amines is 1.